The molecule has 0 radical (unpaired) electrons. The predicted molar refractivity (Wildman–Crippen MR) is 76.6 cm³/mol. The lowest BCUT2D eigenvalue weighted by Gasteiger charge is -2.38. The van der Waals surface area contributed by atoms with Crippen LogP contribution in [0.5, 0.6) is 0 Å². The van der Waals surface area contributed by atoms with E-state index in [4.69, 9.17) is 10.2 Å². The van der Waals surface area contributed by atoms with E-state index in [1.165, 1.54) is 19.3 Å². The third kappa shape index (κ3) is 6.69. The van der Waals surface area contributed by atoms with E-state index >= 15 is 0 Å². The Bertz CT molecular complexity index is 169. The fourth-order valence-corrected chi connectivity index (χ4v) is 2.48. The second-order valence-electron chi connectivity index (χ2n) is 4.68. The van der Waals surface area contributed by atoms with Crippen LogP contribution in [0, 0.1) is 0 Å². The number of aliphatic hydroxyl groups excluding tert-OH is 2. The lowest BCUT2D eigenvalue weighted by molar-refractivity contribution is 0.0188. The van der Waals surface area contributed by atoms with Crippen molar-refractivity contribution < 1.29 is 10.2 Å². The van der Waals surface area contributed by atoms with Gasteiger partial charge in [0.05, 0.1) is 19.4 Å². The minimum absolute atomic E-state index is 0.158. The normalized spacial score (nSPS) is 13.5. The quantitative estimate of drug-likeness (QED) is 0.412. The van der Waals surface area contributed by atoms with Crippen molar-refractivity contribution in [3.8, 4) is 0 Å². The largest absolute Gasteiger partial charge is 0.395 e. The van der Waals surface area contributed by atoms with Gasteiger partial charge in [-0.1, -0.05) is 40.0 Å². The van der Waals surface area contributed by atoms with Crippen LogP contribution in [0.15, 0.2) is 0 Å². The Morgan fingerprint density at radius 1 is 0.833 bits per heavy atom. The van der Waals surface area contributed by atoms with E-state index in [1.807, 2.05) is 0 Å². The Labute approximate surface area is 113 Å². The van der Waals surface area contributed by atoms with Gasteiger partial charge in [0.1, 0.15) is 0 Å². The molecule has 0 aliphatic heterocycles. The van der Waals surface area contributed by atoms with Crippen LogP contribution in [0.1, 0.15) is 46.5 Å². The highest BCUT2D eigenvalue weighted by molar-refractivity contribution is 4.72. The maximum absolute atomic E-state index is 9.17. The van der Waals surface area contributed by atoms with Crippen LogP contribution in [-0.4, -0.2) is 65.6 Å². The summed E-state index contributed by atoms with van der Waals surface area (Å²) in [6.07, 6.45) is 5.17. The zero-order chi connectivity index (χ0) is 13.8. The predicted octanol–water partition coefficient (Wildman–Crippen LogP) is 1.52. The van der Waals surface area contributed by atoms with Gasteiger partial charge < -0.3 is 10.2 Å². The van der Waals surface area contributed by atoms with Gasteiger partial charge in [0.25, 0.3) is 0 Å². The van der Waals surface area contributed by atoms with Gasteiger partial charge in [-0.05, 0) is 19.5 Å². The van der Waals surface area contributed by atoms with Crippen LogP contribution >= 0.6 is 0 Å². The van der Waals surface area contributed by atoms with Crippen molar-refractivity contribution >= 4 is 0 Å². The Morgan fingerprint density at radius 3 is 1.78 bits per heavy atom. The smallest absolute Gasteiger partial charge is 0.0623 e. The molecule has 0 aliphatic rings. The molecule has 4 heteroatoms. The number of rotatable bonds is 12. The molecule has 0 saturated carbocycles. The van der Waals surface area contributed by atoms with Crippen LogP contribution in [-0.2, 0) is 0 Å². The maximum atomic E-state index is 9.17. The SMILES string of the molecule is CCCCCC(N(CC)CC)N(CCO)CCO. The molecule has 0 spiro atoms. The van der Waals surface area contributed by atoms with Crippen molar-refractivity contribution in [3.63, 3.8) is 0 Å². The molecule has 0 heterocycles. The highest BCUT2D eigenvalue weighted by atomic mass is 16.3. The zero-order valence-corrected chi connectivity index (χ0v) is 12.4. The highest BCUT2D eigenvalue weighted by Gasteiger charge is 2.22. The Morgan fingerprint density at radius 2 is 1.39 bits per heavy atom. The van der Waals surface area contributed by atoms with Crippen molar-refractivity contribution in [2.24, 2.45) is 0 Å². The number of unbranched alkanes of at least 4 members (excludes halogenated alkanes) is 2. The van der Waals surface area contributed by atoms with Gasteiger partial charge in [0.2, 0.25) is 0 Å². The molecule has 4 nitrogen and oxygen atoms in total. The first-order valence-electron chi connectivity index (χ1n) is 7.44. The molecule has 0 rings (SSSR count). The molecule has 2 N–H and O–H groups in total. The second-order valence-corrected chi connectivity index (χ2v) is 4.68. The summed E-state index contributed by atoms with van der Waals surface area (Å²) >= 11 is 0. The molecule has 1 unspecified atom stereocenters. The molecule has 0 amide bonds. The van der Waals surface area contributed by atoms with Gasteiger partial charge in [0, 0.05) is 13.1 Å². The monoisotopic (exact) mass is 260 g/mol. The van der Waals surface area contributed by atoms with Gasteiger partial charge in [-0.15, -0.1) is 0 Å². The molecule has 0 aliphatic carbocycles. The molecule has 0 aromatic heterocycles. The van der Waals surface area contributed by atoms with E-state index in [0.717, 1.165) is 19.5 Å². The summed E-state index contributed by atoms with van der Waals surface area (Å²) < 4.78 is 0. The molecule has 1 atom stereocenters. The number of nitrogens with zero attached hydrogens (tertiary/aromatic N) is 2. The van der Waals surface area contributed by atoms with Crippen molar-refractivity contribution in [1.29, 1.82) is 0 Å². The summed E-state index contributed by atoms with van der Waals surface area (Å²) in [6, 6.07) is 0. The molecule has 110 valence electrons. The van der Waals surface area contributed by atoms with Crippen molar-refractivity contribution in [1.82, 2.24) is 9.80 Å². The van der Waals surface area contributed by atoms with E-state index in [0.29, 0.717) is 19.3 Å². The number of hydrogen-bond acceptors (Lipinski definition) is 4. The fraction of sp³-hybridized carbons (Fsp3) is 1.00. The van der Waals surface area contributed by atoms with Crippen molar-refractivity contribution in [2.75, 3.05) is 39.4 Å². The number of hydrogen-bond donors (Lipinski definition) is 2. The second kappa shape index (κ2) is 11.9. The first-order valence-corrected chi connectivity index (χ1v) is 7.44. The molecule has 0 bridgehead atoms. The minimum atomic E-state index is 0.158. The summed E-state index contributed by atoms with van der Waals surface area (Å²) in [5.41, 5.74) is 0. The third-order valence-electron chi connectivity index (χ3n) is 3.50. The summed E-state index contributed by atoms with van der Waals surface area (Å²) in [5, 5.41) is 18.3. The fourth-order valence-electron chi connectivity index (χ4n) is 2.48. The molecule has 0 saturated heterocycles. The summed E-state index contributed by atoms with van der Waals surface area (Å²) in [7, 11) is 0. The third-order valence-corrected chi connectivity index (χ3v) is 3.50. The maximum Gasteiger partial charge on any atom is 0.0623 e. The lowest BCUT2D eigenvalue weighted by Crippen LogP contribution is -2.50. The average Bonchev–Trinajstić information content (AvgIpc) is 2.38. The standard InChI is InChI=1S/C14H32N2O2/c1-4-7-8-9-14(15(5-2)6-3)16(10-12-17)11-13-18/h14,17-18H,4-13H2,1-3H3. The van der Waals surface area contributed by atoms with E-state index < -0.39 is 0 Å². The van der Waals surface area contributed by atoms with Crippen molar-refractivity contribution in [2.45, 2.75) is 52.6 Å². The molecule has 0 aromatic rings. The van der Waals surface area contributed by atoms with Crippen LogP contribution in [0.2, 0.25) is 0 Å². The summed E-state index contributed by atoms with van der Waals surface area (Å²) in [4.78, 5) is 4.63. The van der Waals surface area contributed by atoms with Gasteiger partial charge in [0.15, 0.2) is 0 Å². The number of aliphatic hydroxyl groups is 2. The van der Waals surface area contributed by atoms with E-state index in [2.05, 4.69) is 30.6 Å². The topological polar surface area (TPSA) is 46.9 Å². The van der Waals surface area contributed by atoms with Crippen molar-refractivity contribution in [3.05, 3.63) is 0 Å². The van der Waals surface area contributed by atoms with E-state index in [-0.39, 0.29) is 13.2 Å². The molecule has 18 heavy (non-hydrogen) atoms. The van der Waals surface area contributed by atoms with Crippen LogP contribution in [0.4, 0.5) is 0 Å². The molecular formula is C14H32N2O2. The molecular weight excluding hydrogens is 228 g/mol. The van der Waals surface area contributed by atoms with Crippen LogP contribution in [0.3, 0.4) is 0 Å². The zero-order valence-electron chi connectivity index (χ0n) is 12.4. The minimum Gasteiger partial charge on any atom is -0.395 e. The lowest BCUT2D eigenvalue weighted by atomic mass is 10.1. The van der Waals surface area contributed by atoms with Gasteiger partial charge in [-0.2, -0.15) is 0 Å². The summed E-state index contributed by atoms with van der Waals surface area (Å²) in [5.74, 6) is 0. The van der Waals surface area contributed by atoms with E-state index in [9.17, 15) is 0 Å². The Hall–Kier alpha value is -0.160. The Balaban J connectivity index is 4.55. The first kappa shape index (κ1) is 17.8. The Kier molecular flexibility index (Phi) is 11.8. The van der Waals surface area contributed by atoms with Crippen LogP contribution < -0.4 is 0 Å². The molecule has 0 aromatic carbocycles. The van der Waals surface area contributed by atoms with Gasteiger partial charge in [-0.25, -0.2) is 0 Å². The highest BCUT2D eigenvalue weighted by Crippen LogP contribution is 2.14. The van der Waals surface area contributed by atoms with Gasteiger partial charge in [-0.3, -0.25) is 9.80 Å². The average molecular weight is 260 g/mol. The first-order chi connectivity index (χ1) is 8.74. The van der Waals surface area contributed by atoms with Crippen LogP contribution in [0.25, 0.3) is 0 Å². The van der Waals surface area contributed by atoms with Gasteiger partial charge >= 0.3 is 0 Å². The van der Waals surface area contributed by atoms with E-state index in [1.54, 1.807) is 0 Å². The molecule has 0 fully saturated rings. The summed E-state index contributed by atoms with van der Waals surface area (Å²) in [6.45, 7) is 10.2.